The summed E-state index contributed by atoms with van der Waals surface area (Å²) in [6, 6.07) is 2.12. The second-order valence-electron chi connectivity index (χ2n) is 14.0. The van der Waals surface area contributed by atoms with Gasteiger partial charge in [0.2, 0.25) is 11.7 Å². The van der Waals surface area contributed by atoms with Crippen LogP contribution in [0.25, 0.3) is 0 Å². The van der Waals surface area contributed by atoms with E-state index in [1.165, 1.54) is 67.3 Å². The van der Waals surface area contributed by atoms with Crippen LogP contribution in [-0.4, -0.2) is 107 Å². The Balaban J connectivity index is 1.81. The molecule has 0 bridgehead atoms. The first-order valence-electron chi connectivity index (χ1n) is 17.1. The van der Waals surface area contributed by atoms with Crippen molar-refractivity contribution in [2.75, 3.05) is 26.3 Å². The van der Waals surface area contributed by atoms with Crippen LogP contribution in [0, 0.1) is 11.8 Å². The van der Waals surface area contributed by atoms with Crippen molar-refractivity contribution in [3.05, 3.63) is 70.8 Å². The summed E-state index contributed by atoms with van der Waals surface area (Å²) in [5.74, 6) is -30.9. The van der Waals surface area contributed by atoms with Gasteiger partial charge >= 0.3 is 23.9 Å². The average Bonchev–Trinajstić information content (AvgIpc) is 3.13. The summed E-state index contributed by atoms with van der Waals surface area (Å²) in [6.07, 6.45) is -7.81. The molecule has 4 atom stereocenters. The summed E-state index contributed by atoms with van der Waals surface area (Å²) in [5.41, 5.74) is 6.24. The third kappa shape index (κ3) is 8.14. The molecule has 0 saturated carbocycles. The standard InChI is InChI=1S/C36H39F9N4O6/c1-18(2)25(46)28(50)27-23-8-6-5-7-22(23)17-24(31(53)47-30(52)20-9-11-21(12-10-20)32(54)48-13-15-55-16-14-48)49(27)26(19(3)4)29(51)33(37,38)34(39,40)35(41,42)36(43,44)45/h5-12,18-19,24-27H,13-17,46H2,1-4H3,(H,47,52,53)/t24?,25-,26?,27?/m0/s1. The Labute approximate surface area is 309 Å². The molecule has 302 valence electrons. The van der Waals surface area contributed by atoms with Gasteiger partial charge in [0.15, 0.2) is 5.78 Å². The van der Waals surface area contributed by atoms with Crippen LogP contribution in [0.4, 0.5) is 39.5 Å². The molecule has 0 aromatic heterocycles. The molecule has 1 saturated heterocycles. The van der Waals surface area contributed by atoms with Crippen molar-refractivity contribution in [3.63, 3.8) is 0 Å². The number of nitrogens with two attached hydrogens (primary N) is 1. The predicted molar refractivity (Wildman–Crippen MR) is 177 cm³/mol. The molecule has 3 amide bonds. The Morgan fingerprint density at radius 3 is 1.85 bits per heavy atom. The van der Waals surface area contributed by atoms with Crippen molar-refractivity contribution in [2.45, 2.75) is 82.2 Å². The molecule has 0 radical (unpaired) electrons. The molecule has 0 aliphatic carbocycles. The Morgan fingerprint density at radius 2 is 1.33 bits per heavy atom. The summed E-state index contributed by atoms with van der Waals surface area (Å²) >= 11 is 0. The number of nitrogens with one attached hydrogen (secondary N) is 1. The summed E-state index contributed by atoms with van der Waals surface area (Å²) in [4.78, 5) is 69.9. The lowest BCUT2D eigenvalue weighted by Gasteiger charge is -2.48. The normalized spacial score (nSPS) is 19.8. The molecule has 2 aliphatic heterocycles. The lowest BCUT2D eigenvalue weighted by atomic mass is 9.78. The van der Waals surface area contributed by atoms with Crippen LogP contribution >= 0.6 is 0 Å². The smallest absolute Gasteiger partial charge is 0.378 e. The molecule has 10 nitrogen and oxygen atoms in total. The number of alkyl halides is 9. The summed E-state index contributed by atoms with van der Waals surface area (Å²) in [6.45, 7) is 6.14. The molecule has 2 aromatic rings. The zero-order valence-corrected chi connectivity index (χ0v) is 29.9. The van der Waals surface area contributed by atoms with Crippen LogP contribution in [0.3, 0.4) is 0 Å². The van der Waals surface area contributed by atoms with E-state index in [9.17, 15) is 54.7 Å². The number of carbonyl (C=O) groups is 5. The molecule has 1 fully saturated rings. The number of fused-ring (bicyclic) bond motifs is 1. The summed E-state index contributed by atoms with van der Waals surface area (Å²) < 4.78 is 133. The molecular formula is C36H39F9N4O6. The monoisotopic (exact) mass is 794 g/mol. The predicted octanol–water partition coefficient (Wildman–Crippen LogP) is 5.00. The first-order valence-corrected chi connectivity index (χ1v) is 17.1. The van der Waals surface area contributed by atoms with Gasteiger partial charge in [0.1, 0.15) is 0 Å². The highest BCUT2D eigenvalue weighted by Crippen LogP contribution is 2.54. The number of halogens is 9. The quantitative estimate of drug-likeness (QED) is 0.226. The largest absolute Gasteiger partial charge is 0.460 e. The summed E-state index contributed by atoms with van der Waals surface area (Å²) in [5, 5.41) is 2.01. The number of Topliss-reactive ketones (excluding diaryl/α,β-unsaturated/α-hetero) is 2. The molecule has 3 unspecified atom stereocenters. The van der Waals surface area contributed by atoms with Gasteiger partial charge in [-0.05, 0) is 53.6 Å². The fraction of sp³-hybridized carbons (Fsp3) is 0.528. The van der Waals surface area contributed by atoms with E-state index in [0.717, 1.165) is 13.8 Å². The number of imide groups is 1. The number of hydrogen-bond donors (Lipinski definition) is 2. The van der Waals surface area contributed by atoms with E-state index >= 15 is 8.78 Å². The third-order valence-corrected chi connectivity index (χ3v) is 9.64. The first kappa shape index (κ1) is 43.4. The molecule has 2 heterocycles. The SMILES string of the molecule is CC(C)C(C(=O)C(F)(F)C(F)(F)C(F)(F)C(F)(F)F)N1C(C(=O)NC(=O)c2ccc(C(=O)N3CCOCC3)cc2)Cc2ccccc2C1C(=O)[C@@H](N)C(C)C. The van der Waals surface area contributed by atoms with Crippen molar-refractivity contribution >= 4 is 29.3 Å². The van der Waals surface area contributed by atoms with E-state index in [4.69, 9.17) is 10.5 Å². The Morgan fingerprint density at radius 1 is 0.782 bits per heavy atom. The first-order chi connectivity index (χ1) is 25.4. The fourth-order valence-corrected chi connectivity index (χ4v) is 6.51. The van der Waals surface area contributed by atoms with Crippen molar-refractivity contribution < 1.29 is 68.2 Å². The van der Waals surface area contributed by atoms with E-state index in [1.807, 2.05) is 5.32 Å². The molecule has 3 N–H and O–H groups in total. The topological polar surface area (TPSA) is 139 Å². The van der Waals surface area contributed by atoms with Gasteiger partial charge < -0.3 is 15.4 Å². The summed E-state index contributed by atoms with van der Waals surface area (Å²) in [7, 11) is 0. The lowest BCUT2D eigenvalue weighted by Crippen LogP contribution is -2.69. The minimum absolute atomic E-state index is 0.0475. The number of hydrogen-bond acceptors (Lipinski definition) is 8. The van der Waals surface area contributed by atoms with Gasteiger partial charge in [-0.2, -0.15) is 39.5 Å². The van der Waals surface area contributed by atoms with Gasteiger partial charge in [-0.15, -0.1) is 0 Å². The van der Waals surface area contributed by atoms with Crippen LogP contribution in [0.15, 0.2) is 48.5 Å². The zero-order valence-electron chi connectivity index (χ0n) is 29.9. The highest BCUT2D eigenvalue weighted by Gasteiger charge is 2.84. The number of ketones is 2. The van der Waals surface area contributed by atoms with Crippen LogP contribution in [0.5, 0.6) is 0 Å². The maximum absolute atomic E-state index is 15.5. The molecule has 2 aliphatic rings. The van der Waals surface area contributed by atoms with Crippen LogP contribution in [-0.2, 0) is 25.5 Å². The number of benzene rings is 2. The van der Waals surface area contributed by atoms with E-state index < -0.39 is 89.7 Å². The molecule has 19 heteroatoms. The minimum Gasteiger partial charge on any atom is -0.378 e. The van der Waals surface area contributed by atoms with Crippen LogP contribution < -0.4 is 11.1 Å². The van der Waals surface area contributed by atoms with Gasteiger partial charge in [-0.1, -0.05) is 52.0 Å². The third-order valence-electron chi connectivity index (χ3n) is 9.64. The number of rotatable bonds is 12. The van der Waals surface area contributed by atoms with Crippen molar-refractivity contribution in [1.29, 1.82) is 0 Å². The van der Waals surface area contributed by atoms with Crippen LogP contribution in [0.1, 0.15) is 65.6 Å². The fourth-order valence-electron chi connectivity index (χ4n) is 6.51. The second kappa shape index (κ2) is 16.0. The Hall–Kier alpha value is -4.36. The number of amides is 3. The van der Waals surface area contributed by atoms with Gasteiger partial charge in [0, 0.05) is 24.2 Å². The Bertz CT molecular complexity index is 1780. The number of carbonyl (C=O) groups excluding carboxylic acids is 5. The number of ether oxygens (including phenoxy) is 1. The minimum atomic E-state index is -7.41. The van der Waals surface area contributed by atoms with Gasteiger partial charge in [-0.3, -0.25) is 34.2 Å². The molecule has 2 aromatic carbocycles. The van der Waals surface area contributed by atoms with E-state index in [1.54, 1.807) is 0 Å². The van der Waals surface area contributed by atoms with Crippen molar-refractivity contribution in [3.8, 4) is 0 Å². The van der Waals surface area contributed by atoms with Gasteiger partial charge in [0.05, 0.1) is 37.4 Å². The van der Waals surface area contributed by atoms with Gasteiger partial charge in [-0.25, -0.2) is 0 Å². The zero-order chi connectivity index (χ0) is 41.4. The number of morpholine rings is 1. The maximum Gasteiger partial charge on any atom is 0.460 e. The van der Waals surface area contributed by atoms with Crippen molar-refractivity contribution in [1.82, 2.24) is 15.1 Å². The highest BCUT2D eigenvalue weighted by molar-refractivity contribution is 6.07. The lowest BCUT2D eigenvalue weighted by molar-refractivity contribution is -0.388. The molecule has 0 spiro atoms. The van der Waals surface area contributed by atoms with E-state index in [2.05, 4.69) is 0 Å². The molecular weight excluding hydrogens is 755 g/mol. The molecule has 4 rings (SSSR count). The van der Waals surface area contributed by atoms with Crippen LogP contribution in [0.2, 0.25) is 0 Å². The van der Waals surface area contributed by atoms with E-state index in [0.29, 0.717) is 31.2 Å². The Kier molecular flexibility index (Phi) is 12.6. The van der Waals surface area contributed by atoms with E-state index in [-0.39, 0.29) is 28.2 Å². The number of nitrogens with zero attached hydrogens (tertiary/aromatic N) is 2. The van der Waals surface area contributed by atoms with Gasteiger partial charge in [0.25, 0.3) is 11.8 Å². The highest BCUT2D eigenvalue weighted by atomic mass is 19.4. The second-order valence-corrected chi connectivity index (χ2v) is 14.0. The average molecular weight is 795 g/mol. The maximum atomic E-state index is 15.5. The molecule has 55 heavy (non-hydrogen) atoms. The van der Waals surface area contributed by atoms with Crippen molar-refractivity contribution in [2.24, 2.45) is 17.6 Å².